The van der Waals surface area contributed by atoms with Crippen molar-refractivity contribution >= 4 is 11.6 Å². The van der Waals surface area contributed by atoms with Gasteiger partial charge in [-0.15, -0.1) is 0 Å². The third-order valence-electron chi connectivity index (χ3n) is 6.67. The number of carbonyl (C=O) groups is 1. The predicted octanol–water partition coefficient (Wildman–Crippen LogP) is 5.09. The normalized spacial score (nSPS) is 15.9. The Morgan fingerprint density at radius 1 is 0.941 bits per heavy atom. The SMILES string of the molecule is COc1cc(N2Cc3ccc(-c4ccc(C)cc4)nc3C2=O)ccc1OCCN1CCCCC1. The van der Waals surface area contributed by atoms with Gasteiger partial charge in [-0.3, -0.25) is 9.69 Å². The van der Waals surface area contributed by atoms with Crippen LogP contribution in [0, 0.1) is 6.92 Å². The van der Waals surface area contributed by atoms with Crippen LogP contribution in [-0.2, 0) is 6.54 Å². The Bertz CT molecular complexity index is 1170. The molecular weight excluding hydrogens is 426 g/mol. The molecule has 0 unspecified atom stereocenters. The lowest BCUT2D eigenvalue weighted by Gasteiger charge is -2.26. The van der Waals surface area contributed by atoms with E-state index >= 15 is 0 Å². The van der Waals surface area contributed by atoms with Crippen molar-refractivity contribution in [2.75, 3.05) is 38.3 Å². The van der Waals surface area contributed by atoms with Crippen molar-refractivity contribution in [3.05, 3.63) is 71.4 Å². The standard InChI is InChI=1S/C28H31N3O3/c1-20-6-8-21(9-7-20)24-12-10-22-19-31(28(32)27(22)29-24)23-11-13-25(26(18-23)33-2)34-17-16-30-14-4-3-5-15-30/h6-13,18H,3-5,14-17,19H2,1-2H3. The number of likely N-dealkylation sites (tertiary alicyclic amines) is 1. The second-order valence-corrected chi connectivity index (χ2v) is 9.05. The van der Waals surface area contributed by atoms with Gasteiger partial charge in [0, 0.05) is 29.4 Å². The van der Waals surface area contributed by atoms with Gasteiger partial charge < -0.3 is 14.4 Å². The second kappa shape index (κ2) is 9.85. The van der Waals surface area contributed by atoms with Crippen LogP contribution in [-0.4, -0.2) is 49.1 Å². The van der Waals surface area contributed by atoms with Crippen LogP contribution in [0.2, 0.25) is 0 Å². The minimum Gasteiger partial charge on any atom is -0.493 e. The molecule has 2 aromatic carbocycles. The molecule has 2 aliphatic rings. The van der Waals surface area contributed by atoms with Crippen LogP contribution in [0.5, 0.6) is 11.5 Å². The lowest BCUT2D eigenvalue weighted by Crippen LogP contribution is -2.33. The highest BCUT2D eigenvalue weighted by atomic mass is 16.5. The van der Waals surface area contributed by atoms with Crippen molar-refractivity contribution in [2.24, 2.45) is 0 Å². The Morgan fingerprint density at radius 3 is 2.50 bits per heavy atom. The van der Waals surface area contributed by atoms with Crippen LogP contribution < -0.4 is 14.4 Å². The topological polar surface area (TPSA) is 54.9 Å². The van der Waals surface area contributed by atoms with E-state index in [-0.39, 0.29) is 5.91 Å². The molecule has 0 atom stereocenters. The van der Waals surface area contributed by atoms with E-state index in [4.69, 9.17) is 14.5 Å². The summed E-state index contributed by atoms with van der Waals surface area (Å²) in [4.78, 5) is 22.1. The zero-order chi connectivity index (χ0) is 23.5. The second-order valence-electron chi connectivity index (χ2n) is 9.05. The smallest absolute Gasteiger partial charge is 0.277 e. The van der Waals surface area contributed by atoms with Gasteiger partial charge in [0.05, 0.1) is 19.3 Å². The molecule has 1 saturated heterocycles. The molecule has 0 spiro atoms. The quantitative estimate of drug-likeness (QED) is 0.495. The maximum atomic E-state index is 13.3. The average molecular weight is 458 g/mol. The molecule has 0 aliphatic carbocycles. The Kier molecular flexibility index (Phi) is 6.50. The lowest BCUT2D eigenvalue weighted by atomic mass is 10.1. The summed E-state index contributed by atoms with van der Waals surface area (Å²) >= 11 is 0. The maximum absolute atomic E-state index is 13.3. The molecule has 0 saturated carbocycles. The van der Waals surface area contributed by atoms with Crippen LogP contribution >= 0.6 is 0 Å². The average Bonchev–Trinajstić information content (AvgIpc) is 3.21. The van der Waals surface area contributed by atoms with Gasteiger partial charge >= 0.3 is 0 Å². The molecule has 176 valence electrons. The van der Waals surface area contributed by atoms with Gasteiger partial charge in [-0.1, -0.05) is 42.3 Å². The van der Waals surface area contributed by atoms with E-state index in [2.05, 4.69) is 24.0 Å². The van der Waals surface area contributed by atoms with E-state index in [0.717, 1.165) is 42.1 Å². The number of rotatable bonds is 7. The zero-order valence-electron chi connectivity index (χ0n) is 19.9. The fourth-order valence-electron chi connectivity index (χ4n) is 4.68. The summed E-state index contributed by atoms with van der Waals surface area (Å²) in [6.07, 6.45) is 3.87. The molecule has 0 radical (unpaired) electrons. The Hall–Kier alpha value is -3.38. The first kappa shape index (κ1) is 22.4. The summed E-state index contributed by atoms with van der Waals surface area (Å²) in [5, 5.41) is 0. The maximum Gasteiger partial charge on any atom is 0.277 e. The van der Waals surface area contributed by atoms with Crippen molar-refractivity contribution in [1.82, 2.24) is 9.88 Å². The van der Waals surface area contributed by atoms with Crippen molar-refractivity contribution in [3.8, 4) is 22.8 Å². The van der Waals surface area contributed by atoms with Gasteiger partial charge in [0.25, 0.3) is 5.91 Å². The number of pyridine rings is 1. The predicted molar refractivity (Wildman–Crippen MR) is 134 cm³/mol. The number of carbonyl (C=O) groups excluding carboxylic acids is 1. The van der Waals surface area contributed by atoms with E-state index < -0.39 is 0 Å². The summed E-state index contributed by atoms with van der Waals surface area (Å²) in [5.74, 6) is 1.24. The Morgan fingerprint density at radius 2 is 1.74 bits per heavy atom. The van der Waals surface area contributed by atoms with Gasteiger partial charge in [-0.2, -0.15) is 0 Å². The minimum absolute atomic E-state index is 0.0928. The van der Waals surface area contributed by atoms with Gasteiger partial charge in [-0.25, -0.2) is 4.98 Å². The highest BCUT2D eigenvalue weighted by Gasteiger charge is 2.31. The molecule has 3 aromatic rings. The van der Waals surface area contributed by atoms with E-state index in [0.29, 0.717) is 30.3 Å². The molecule has 1 fully saturated rings. The largest absolute Gasteiger partial charge is 0.493 e. The van der Waals surface area contributed by atoms with Crippen LogP contribution in [0.25, 0.3) is 11.3 Å². The van der Waals surface area contributed by atoms with Crippen molar-refractivity contribution in [2.45, 2.75) is 32.7 Å². The Labute approximate surface area is 201 Å². The molecule has 1 aromatic heterocycles. The first-order valence-electron chi connectivity index (χ1n) is 12.0. The van der Waals surface area contributed by atoms with Gasteiger partial charge in [-0.05, 0) is 51.1 Å². The minimum atomic E-state index is -0.0928. The number of benzene rings is 2. The van der Waals surface area contributed by atoms with E-state index in [1.807, 2.05) is 42.5 Å². The number of ether oxygens (including phenoxy) is 2. The molecule has 0 N–H and O–H groups in total. The summed E-state index contributed by atoms with van der Waals surface area (Å²) in [7, 11) is 1.63. The van der Waals surface area contributed by atoms with Gasteiger partial charge in [0.15, 0.2) is 11.5 Å². The number of methoxy groups -OCH3 is 1. The molecule has 6 nitrogen and oxygen atoms in total. The molecule has 1 amide bonds. The molecular formula is C28H31N3O3. The summed E-state index contributed by atoms with van der Waals surface area (Å²) < 4.78 is 11.6. The third-order valence-corrected chi connectivity index (χ3v) is 6.67. The molecule has 3 heterocycles. The lowest BCUT2D eigenvalue weighted by molar-refractivity contribution is 0.0992. The summed E-state index contributed by atoms with van der Waals surface area (Å²) in [6, 6.07) is 17.9. The van der Waals surface area contributed by atoms with Crippen LogP contribution in [0.4, 0.5) is 5.69 Å². The van der Waals surface area contributed by atoms with Gasteiger partial charge in [0.1, 0.15) is 12.3 Å². The van der Waals surface area contributed by atoms with Crippen molar-refractivity contribution in [1.29, 1.82) is 0 Å². The van der Waals surface area contributed by atoms with Crippen LogP contribution in [0.3, 0.4) is 0 Å². The fraction of sp³-hybridized carbons (Fsp3) is 0.357. The van der Waals surface area contributed by atoms with Gasteiger partial charge in [0.2, 0.25) is 0 Å². The summed E-state index contributed by atoms with van der Waals surface area (Å²) in [5.41, 5.74) is 5.23. The fourth-order valence-corrected chi connectivity index (χ4v) is 4.68. The highest BCUT2D eigenvalue weighted by molar-refractivity contribution is 6.09. The number of aryl methyl sites for hydroxylation is 1. The number of hydrogen-bond acceptors (Lipinski definition) is 5. The number of nitrogens with zero attached hydrogens (tertiary/aromatic N) is 3. The number of anilines is 1. The number of hydrogen-bond donors (Lipinski definition) is 0. The van der Waals surface area contributed by atoms with E-state index in [9.17, 15) is 4.79 Å². The number of amides is 1. The highest BCUT2D eigenvalue weighted by Crippen LogP contribution is 2.35. The molecule has 6 heteroatoms. The number of aromatic nitrogens is 1. The van der Waals surface area contributed by atoms with Crippen molar-refractivity contribution < 1.29 is 14.3 Å². The monoisotopic (exact) mass is 457 g/mol. The van der Waals surface area contributed by atoms with E-state index in [1.54, 1.807) is 12.0 Å². The third kappa shape index (κ3) is 4.64. The number of fused-ring (bicyclic) bond motifs is 1. The zero-order valence-corrected chi connectivity index (χ0v) is 19.9. The number of piperidine rings is 1. The van der Waals surface area contributed by atoms with E-state index in [1.165, 1.54) is 24.8 Å². The first-order chi connectivity index (χ1) is 16.6. The summed E-state index contributed by atoms with van der Waals surface area (Å²) in [6.45, 7) is 6.39. The molecule has 2 aliphatic heterocycles. The first-order valence-corrected chi connectivity index (χ1v) is 12.0. The Balaban J connectivity index is 1.30. The van der Waals surface area contributed by atoms with Crippen LogP contribution in [0.1, 0.15) is 40.9 Å². The molecule has 0 bridgehead atoms. The molecule has 5 rings (SSSR count). The van der Waals surface area contributed by atoms with Crippen LogP contribution in [0.15, 0.2) is 54.6 Å². The molecule has 34 heavy (non-hydrogen) atoms. The van der Waals surface area contributed by atoms with Crippen molar-refractivity contribution in [3.63, 3.8) is 0 Å².